The molecule has 1 heterocycles. The Hall–Kier alpha value is -0.480. The Balaban J connectivity index is 3.48. The summed E-state index contributed by atoms with van der Waals surface area (Å²) in [5, 5.41) is 8.13. The lowest BCUT2D eigenvalue weighted by atomic mass is 10.2. The van der Waals surface area contributed by atoms with Crippen molar-refractivity contribution >= 4 is 31.2 Å². The van der Waals surface area contributed by atoms with Crippen LogP contribution in [-0.2, 0) is 19.9 Å². The summed E-state index contributed by atoms with van der Waals surface area (Å²) in [5.74, 6) is -0.0799. The number of nitrogens with one attached hydrogen (secondary N) is 1. The van der Waals surface area contributed by atoms with E-state index < -0.39 is 19.9 Å². The minimum Gasteiger partial charge on any atom is -0.310 e. The van der Waals surface area contributed by atoms with Gasteiger partial charge in [-0.3, -0.25) is 0 Å². The fourth-order valence-corrected chi connectivity index (χ4v) is 5.47. The topological polar surface area (TPSA) is 106 Å². The quantitative estimate of drug-likeness (QED) is 0.806. The van der Waals surface area contributed by atoms with E-state index in [2.05, 4.69) is 5.32 Å². The van der Waals surface area contributed by atoms with Gasteiger partial charge in [-0.25, -0.2) is 22.0 Å². The molecule has 3 N–H and O–H groups in total. The van der Waals surface area contributed by atoms with Gasteiger partial charge in [-0.2, -0.15) is 0 Å². The lowest BCUT2D eigenvalue weighted by molar-refractivity contribution is 0.577. The Labute approximate surface area is 118 Å². The van der Waals surface area contributed by atoms with Gasteiger partial charge in [-0.05, 0) is 25.1 Å². The molecule has 0 amide bonds. The van der Waals surface area contributed by atoms with Crippen LogP contribution in [0.1, 0.15) is 32.4 Å². The fraction of sp³-hybridized carbons (Fsp3) is 0.600. The first kappa shape index (κ1) is 16.6. The van der Waals surface area contributed by atoms with Crippen LogP contribution in [0.3, 0.4) is 0 Å². The average Bonchev–Trinajstić information content (AvgIpc) is 2.74. The summed E-state index contributed by atoms with van der Waals surface area (Å²) in [5.41, 5.74) is 0.456. The molecule has 0 aliphatic heterocycles. The predicted octanol–water partition coefficient (Wildman–Crippen LogP) is 0.860. The molecule has 0 saturated heterocycles. The first-order chi connectivity index (χ1) is 8.63. The summed E-state index contributed by atoms with van der Waals surface area (Å²) in [4.78, 5) is 0. The molecule has 1 unspecified atom stereocenters. The van der Waals surface area contributed by atoms with Crippen molar-refractivity contribution in [3.8, 4) is 0 Å². The molecule has 0 saturated carbocycles. The predicted molar refractivity (Wildman–Crippen MR) is 75.5 cm³/mol. The monoisotopic (exact) mass is 326 g/mol. The zero-order chi connectivity index (χ0) is 14.8. The van der Waals surface area contributed by atoms with Crippen molar-refractivity contribution in [3.05, 3.63) is 11.6 Å². The first-order valence-electron chi connectivity index (χ1n) is 5.76. The first-order valence-corrected chi connectivity index (χ1v) is 9.77. The third-order valence-corrected chi connectivity index (χ3v) is 7.56. The highest BCUT2D eigenvalue weighted by molar-refractivity contribution is 7.95. The largest absolute Gasteiger partial charge is 0.310 e. The number of sulfone groups is 1. The highest BCUT2D eigenvalue weighted by Gasteiger charge is 2.26. The van der Waals surface area contributed by atoms with Crippen LogP contribution in [0, 0.1) is 0 Å². The lowest BCUT2D eigenvalue weighted by Crippen LogP contribution is -2.19. The fourth-order valence-electron chi connectivity index (χ4n) is 1.60. The van der Waals surface area contributed by atoms with Gasteiger partial charge < -0.3 is 5.32 Å². The number of nitrogens with two attached hydrogens (primary N) is 1. The maximum Gasteiger partial charge on any atom is 0.247 e. The summed E-state index contributed by atoms with van der Waals surface area (Å²) >= 11 is 0.711. The smallest absolute Gasteiger partial charge is 0.247 e. The molecular weight excluding hydrogens is 308 g/mol. The van der Waals surface area contributed by atoms with Crippen molar-refractivity contribution in [1.82, 2.24) is 5.32 Å². The van der Waals surface area contributed by atoms with Gasteiger partial charge in [0.25, 0.3) is 0 Å². The minimum absolute atomic E-state index is 0.0764. The second-order valence-corrected chi connectivity index (χ2v) is 9.35. The van der Waals surface area contributed by atoms with Gasteiger partial charge in [-0.1, -0.05) is 13.8 Å². The molecule has 110 valence electrons. The van der Waals surface area contributed by atoms with E-state index in [4.69, 9.17) is 5.14 Å². The van der Waals surface area contributed by atoms with Gasteiger partial charge in [0.15, 0.2) is 9.84 Å². The third-order valence-electron chi connectivity index (χ3n) is 2.62. The Kier molecular flexibility index (Phi) is 5.13. The van der Waals surface area contributed by atoms with Crippen LogP contribution in [-0.4, -0.2) is 29.1 Å². The number of primary sulfonamides is 1. The van der Waals surface area contributed by atoms with Gasteiger partial charge in [0, 0.05) is 6.04 Å². The molecule has 1 aromatic heterocycles. The molecule has 0 fully saturated rings. The second-order valence-electron chi connectivity index (χ2n) is 4.04. The normalized spacial score (nSPS) is 14.5. The van der Waals surface area contributed by atoms with Crippen LogP contribution < -0.4 is 10.5 Å². The van der Waals surface area contributed by atoms with Crippen molar-refractivity contribution in [2.24, 2.45) is 5.14 Å². The Bertz CT molecular complexity index is 646. The van der Waals surface area contributed by atoms with Crippen molar-refractivity contribution in [3.63, 3.8) is 0 Å². The van der Waals surface area contributed by atoms with Crippen LogP contribution in [0.4, 0.5) is 0 Å². The summed E-state index contributed by atoms with van der Waals surface area (Å²) in [7, 11) is -7.37. The number of hydrogen-bond donors (Lipinski definition) is 2. The Morgan fingerprint density at radius 3 is 2.32 bits per heavy atom. The van der Waals surface area contributed by atoms with E-state index in [1.165, 1.54) is 13.0 Å². The number of rotatable bonds is 6. The molecule has 0 radical (unpaired) electrons. The van der Waals surface area contributed by atoms with E-state index in [0.29, 0.717) is 23.4 Å². The van der Waals surface area contributed by atoms with Crippen LogP contribution in [0.2, 0.25) is 0 Å². The van der Waals surface area contributed by atoms with Crippen molar-refractivity contribution in [2.75, 3.05) is 12.3 Å². The van der Waals surface area contributed by atoms with E-state index in [-0.39, 0.29) is 20.2 Å². The number of thiophene rings is 1. The minimum atomic E-state index is -3.90. The summed E-state index contributed by atoms with van der Waals surface area (Å²) in [6.07, 6.45) is 0. The van der Waals surface area contributed by atoms with Gasteiger partial charge in [0.2, 0.25) is 10.0 Å². The molecule has 1 atom stereocenters. The molecule has 0 aliphatic carbocycles. The maximum atomic E-state index is 12.0. The molecule has 0 bridgehead atoms. The molecule has 1 rings (SSSR count). The van der Waals surface area contributed by atoms with Crippen molar-refractivity contribution in [2.45, 2.75) is 35.2 Å². The van der Waals surface area contributed by atoms with Crippen molar-refractivity contribution in [1.29, 1.82) is 0 Å². The molecule has 6 nitrogen and oxygen atoms in total. The van der Waals surface area contributed by atoms with E-state index in [1.54, 1.807) is 6.92 Å². The zero-order valence-electron chi connectivity index (χ0n) is 11.0. The van der Waals surface area contributed by atoms with Gasteiger partial charge in [0.05, 0.1) is 5.75 Å². The van der Waals surface area contributed by atoms with Gasteiger partial charge >= 0.3 is 0 Å². The van der Waals surface area contributed by atoms with Crippen LogP contribution >= 0.6 is 11.3 Å². The van der Waals surface area contributed by atoms with Gasteiger partial charge in [-0.15, -0.1) is 11.3 Å². The Morgan fingerprint density at radius 1 is 1.32 bits per heavy atom. The Morgan fingerprint density at radius 2 is 1.89 bits per heavy atom. The second kappa shape index (κ2) is 5.88. The highest BCUT2D eigenvalue weighted by atomic mass is 32.3. The zero-order valence-corrected chi connectivity index (χ0v) is 13.5. The van der Waals surface area contributed by atoms with Gasteiger partial charge in [0.1, 0.15) is 8.42 Å². The van der Waals surface area contributed by atoms with Crippen LogP contribution in [0.25, 0.3) is 0 Å². The summed E-state index contributed by atoms with van der Waals surface area (Å²) in [6, 6.07) is 1.09. The van der Waals surface area contributed by atoms with E-state index in [9.17, 15) is 16.8 Å². The number of sulfonamides is 1. The molecule has 1 aromatic rings. The summed E-state index contributed by atoms with van der Waals surface area (Å²) < 4.78 is 46.7. The molecule has 0 aromatic carbocycles. The van der Waals surface area contributed by atoms with E-state index in [1.807, 2.05) is 6.92 Å². The third kappa shape index (κ3) is 3.76. The number of hydrogen-bond acceptors (Lipinski definition) is 6. The SMILES string of the molecule is CCNC(C)c1cc(S(N)(=O)=O)sc1S(=O)(=O)CC. The molecule has 19 heavy (non-hydrogen) atoms. The maximum absolute atomic E-state index is 12.0. The van der Waals surface area contributed by atoms with Crippen molar-refractivity contribution < 1.29 is 16.8 Å². The summed E-state index contributed by atoms with van der Waals surface area (Å²) in [6.45, 7) is 5.84. The standard InChI is InChI=1S/C10H18N2O4S3/c1-4-12-7(3)8-6-9(19(11,15)16)17-10(8)18(13,14)5-2/h6-7,12H,4-5H2,1-3H3,(H2,11,15,16). The van der Waals surface area contributed by atoms with Crippen LogP contribution in [0.5, 0.6) is 0 Å². The molecular formula is C10H18N2O4S3. The molecule has 0 aliphatic rings. The lowest BCUT2D eigenvalue weighted by Gasteiger charge is -2.12. The molecule has 9 heteroatoms. The average molecular weight is 326 g/mol. The van der Waals surface area contributed by atoms with E-state index >= 15 is 0 Å². The molecule has 0 spiro atoms. The van der Waals surface area contributed by atoms with Crippen LogP contribution in [0.15, 0.2) is 14.5 Å². The highest BCUT2D eigenvalue weighted by Crippen LogP contribution is 2.34. The van der Waals surface area contributed by atoms with E-state index in [0.717, 1.165) is 0 Å².